The van der Waals surface area contributed by atoms with Gasteiger partial charge in [0.25, 0.3) is 0 Å². The van der Waals surface area contributed by atoms with Gasteiger partial charge in [-0.25, -0.2) is 0 Å². The first-order chi connectivity index (χ1) is 7.79. The van der Waals surface area contributed by atoms with Crippen LogP contribution in [0.5, 0.6) is 0 Å². The minimum atomic E-state index is -0.0589. The second-order valence-electron chi connectivity index (χ2n) is 4.00. The predicted molar refractivity (Wildman–Crippen MR) is 62.3 cm³/mol. The van der Waals surface area contributed by atoms with Gasteiger partial charge in [-0.1, -0.05) is 0 Å². The van der Waals surface area contributed by atoms with Gasteiger partial charge < -0.3 is 9.47 Å². The molecule has 1 rings (SSSR count). The molecule has 94 valence electrons. The van der Waals surface area contributed by atoms with E-state index in [2.05, 4.69) is 4.90 Å². The van der Waals surface area contributed by atoms with Crippen molar-refractivity contribution in [3.8, 4) is 0 Å². The first kappa shape index (κ1) is 13.5. The lowest BCUT2D eigenvalue weighted by atomic mass is 10.2. The number of rotatable bonds is 7. The van der Waals surface area contributed by atoms with Crippen LogP contribution >= 0.6 is 0 Å². The maximum atomic E-state index is 11.6. The molecular formula is C12H23NO3. The molecule has 1 saturated heterocycles. The Hall–Kier alpha value is -0.610. The summed E-state index contributed by atoms with van der Waals surface area (Å²) in [5, 5.41) is 0. The molecule has 1 aliphatic rings. The Balaban J connectivity index is 2.26. The van der Waals surface area contributed by atoms with Crippen LogP contribution in [0, 0.1) is 0 Å². The van der Waals surface area contributed by atoms with Gasteiger partial charge in [0.1, 0.15) is 6.04 Å². The summed E-state index contributed by atoms with van der Waals surface area (Å²) >= 11 is 0. The topological polar surface area (TPSA) is 38.8 Å². The minimum absolute atomic E-state index is 0.0124. The predicted octanol–water partition coefficient (Wildman–Crippen LogP) is 1.44. The summed E-state index contributed by atoms with van der Waals surface area (Å²) in [5.41, 5.74) is 0. The standard InChI is InChI=1S/C12H23NO3/c1-3-15-10-6-9-13-8-5-7-11(13)12(14)16-4-2/h11H,3-10H2,1-2H3. The zero-order valence-corrected chi connectivity index (χ0v) is 10.4. The highest BCUT2D eigenvalue weighted by molar-refractivity contribution is 5.76. The molecule has 4 heteroatoms. The Morgan fingerprint density at radius 2 is 2.19 bits per heavy atom. The molecule has 0 amide bonds. The lowest BCUT2D eigenvalue weighted by Gasteiger charge is -2.22. The van der Waals surface area contributed by atoms with E-state index >= 15 is 0 Å². The van der Waals surface area contributed by atoms with Crippen molar-refractivity contribution < 1.29 is 14.3 Å². The summed E-state index contributed by atoms with van der Waals surface area (Å²) in [4.78, 5) is 13.9. The quantitative estimate of drug-likeness (QED) is 0.489. The van der Waals surface area contributed by atoms with Crippen molar-refractivity contribution in [1.82, 2.24) is 4.90 Å². The van der Waals surface area contributed by atoms with Gasteiger partial charge in [0.15, 0.2) is 0 Å². The Labute approximate surface area is 97.9 Å². The Morgan fingerprint density at radius 1 is 1.38 bits per heavy atom. The van der Waals surface area contributed by atoms with Crippen molar-refractivity contribution in [2.45, 2.75) is 39.2 Å². The molecule has 0 bridgehead atoms. The van der Waals surface area contributed by atoms with E-state index in [1.165, 1.54) is 0 Å². The third kappa shape index (κ3) is 4.10. The fourth-order valence-corrected chi connectivity index (χ4v) is 2.11. The summed E-state index contributed by atoms with van der Waals surface area (Å²) in [6, 6.07) is -0.0124. The highest BCUT2D eigenvalue weighted by Crippen LogP contribution is 2.18. The fraction of sp³-hybridized carbons (Fsp3) is 0.917. The molecule has 0 saturated carbocycles. The van der Waals surface area contributed by atoms with E-state index in [1.54, 1.807) is 0 Å². The molecule has 0 aromatic heterocycles. The highest BCUT2D eigenvalue weighted by Gasteiger charge is 2.30. The van der Waals surface area contributed by atoms with Gasteiger partial charge in [0, 0.05) is 19.8 Å². The summed E-state index contributed by atoms with van der Waals surface area (Å²) < 4.78 is 10.4. The Kier molecular flexibility index (Phi) is 6.42. The molecule has 4 nitrogen and oxygen atoms in total. The number of esters is 1. The molecular weight excluding hydrogens is 206 g/mol. The largest absolute Gasteiger partial charge is 0.465 e. The molecule has 1 fully saturated rings. The van der Waals surface area contributed by atoms with Crippen LogP contribution in [0.2, 0.25) is 0 Å². The van der Waals surface area contributed by atoms with Crippen LogP contribution in [0.4, 0.5) is 0 Å². The second-order valence-corrected chi connectivity index (χ2v) is 4.00. The van der Waals surface area contributed by atoms with E-state index in [0.29, 0.717) is 6.61 Å². The van der Waals surface area contributed by atoms with E-state index in [-0.39, 0.29) is 12.0 Å². The van der Waals surface area contributed by atoms with Crippen molar-refractivity contribution in [2.24, 2.45) is 0 Å². The molecule has 16 heavy (non-hydrogen) atoms. The lowest BCUT2D eigenvalue weighted by molar-refractivity contribution is -0.148. The third-order valence-corrected chi connectivity index (χ3v) is 2.86. The van der Waals surface area contributed by atoms with Gasteiger partial charge in [0.2, 0.25) is 0 Å². The maximum absolute atomic E-state index is 11.6. The van der Waals surface area contributed by atoms with E-state index in [0.717, 1.165) is 45.6 Å². The monoisotopic (exact) mass is 229 g/mol. The smallest absolute Gasteiger partial charge is 0.323 e. The van der Waals surface area contributed by atoms with Crippen molar-refractivity contribution in [3.05, 3.63) is 0 Å². The van der Waals surface area contributed by atoms with Crippen LogP contribution in [-0.4, -0.2) is 49.8 Å². The van der Waals surface area contributed by atoms with Crippen LogP contribution < -0.4 is 0 Å². The molecule has 0 N–H and O–H groups in total. The average molecular weight is 229 g/mol. The van der Waals surface area contributed by atoms with Gasteiger partial charge in [-0.05, 0) is 39.7 Å². The fourth-order valence-electron chi connectivity index (χ4n) is 2.11. The molecule has 0 aromatic rings. The zero-order chi connectivity index (χ0) is 11.8. The summed E-state index contributed by atoms with van der Waals surface area (Å²) in [6.45, 7) is 7.81. The number of nitrogens with zero attached hydrogens (tertiary/aromatic N) is 1. The van der Waals surface area contributed by atoms with Crippen LogP contribution in [0.3, 0.4) is 0 Å². The summed E-state index contributed by atoms with van der Waals surface area (Å²) in [5.74, 6) is -0.0589. The summed E-state index contributed by atoms with van der Waals surface area (Å²) in [7, 11) is 0. The normalized spacial score (nSPS) is 21.2. The number of ether oxygens (including phenoxy) is 2. The summed E-state index contributed by atoms with van der Waals surface area (Å²) in [6.07, 6.45) is 3.02. The van der Waals surface area contributed by atoms with Crippen LogP contribution in [-0.2, 0) is 14.3 Å². The third-order valence-electron chi connectivity index (χ3n) is 2.86. The number of hydrogen-bond acceptors (Lipinski definition) is 4. The van der Waals surface area contributed by atoms with Gasteiger partial charge in [-0.2, -0.15) is 0 Å². The molecule has 1 aliphatic heterocycles. The van der Waals surface area contributed by atoms with Crippen LogP contribution in [0.15, 0.2) is 0 Å². The number of hydrogen-bond donors (Lipinski definition) is 0. The number of carbonyl (C=O) groups excluding carboxylic acids is 1. The van der Waals surface area contributed by atoms with E-state index in [1.807, 2.05) is 13.8 Å². The van der Waals surface area contributed by atoms with Gasteiger partial charge in [0.05, 0.1) is 6.61 Å². The van der Waals surface area contributed by atoms with E-state index in [4.69, 9.17) is 9.47 Å². The second kappa shape index (κ2) is 7.63. The number of carbonyl (C=O) groups is 1. The molecule has 1 unspecified atom stereocenters. The van der Waals surface area contributed by atoms with Gasteiger partial charge >= 0.3 is 5.97 Å². The molecule has 0 radical (unpaired) electrons. The first-order valence-corrected chi connectivity index (χ1v) is 6.28. The first-order valence-electron chi connectivity index (χ1n) is 6.28. The van der Waals surface area contributed by atoms with E-state index in [9.17, 15) is 4.79 Å². The van der Waals surface area contributed by atoms with E-state index < -0.39 is 0 Å². The SMILES string of the molecule is CCOCCCN1CCCC1C(=O)OCC. The maximum Gasteiger partial charge on any atom is 0.323 e. The minimum Gasteiger partial charge on any atom is -0.465 e. The number of likely N-dealkylation sites (tertiary alicyclic amines) is 1. The zero-order valence-electron chi connectivity index (χ0n) is 10.4. The van der Waals surface area contributed by atoms with Crippen molar-refractivity contribution in [2.75, 3.05) is 32.9 Å². The average Bonchev–Trinajstić information content (AvgIpc) is 2.73. The molecule has 1 heterocycles. The molecule has 1 atom stereocenters. The highest BCUT2D eigenvalue weighted by atomic mass is 16.5. The van der Waals surface area contributed by atoms with Crippen LogP contribution in [0.1, 0.15) is 33.1 Å². The van der Waals surface area contributed by atoms with Crippen molar-refractivity contribution >= 4 is 5.97 Å². The van der Waals surface area contributed by atoms with Crippen molar-refractivity contribution in [1.29, 1.82) is 0 Å². The van der Waals surface area contributed by atoms with Crippen LogP contribution in [0.25, 0.3) is 0 Å². The molecule has 0 spiro atoms. The Morgan fingerprint density at radius 3 is 2.88 bits per heavy atom. The van der Waals surface area contributed by atoms with Gasteiger partial charge in [-0.15, -0.1) is 0 Å². The molecule has 0 aliphatic carbocycles. The van der Waals surface area contributed by atoms with Crippen molar-refractivity contribution in [3.63, 3.8) is 0 Å². The van der Waals surface area contributed by atoms with Gasteiger partial charge in [-0.3, -0.25) is 9.69 Å². The molecule has 0 aromatic carbocycles. The Bertz CT molecular complexity index is 208. The lowest BCUT2D eigenvalue weighted by Crippen LogP contribution is -2.38.